The van der Waals surface area contributed by atoms with Gasteiger partial charge in [0.25, 0.3) is 5.91 Å². The van der Waals surface area contributed by atoms with Crippen LogP contribution >= 0.6 is 11.6 Å². The molecule has 0 bridgehead atoms. The number of nitrogens with one attached hydrogen (secondary N) is 1. The molecule has 2 aromatic carbocycles. The normalized spacial score (nSPS) is 14.3. The molecule has 0 aromatic heterocycles. The Hall–Kier alpha value is -2.27. The van der Waals surface area contributed by atoms with E-state index >= 15 is 0 Å². The Morgan fingerprint density at radius 3 is 2.69 bits per heavy atom. The summed E-state index contributed by atoms with van der Waals surface area (Å²) in [6.07, 6.45) is 4.36. The minimum Gasteiger partial charge on any atom is -0.494 e. The van der Waals surface area contributed by atoms with Gasteiger partial charge in [0.15, 0.2) is 11.6 Å². The number of hydrogen-bond donors (Lipinski definition) is 1. The predicted molar refractivity (Wildman–Crippen MR) is 98.5 cm³/mol. The van der Waals surface area contributed by atoms with E-state index in [4.69, 9.17) is 21.1 Å². The van der Waals surface area contributed by atoms with Crippen LogP contribution in [0.1, 0.15) is 41.6 Å². The van der Waals surface area contributed by atoms with Crippen molar-refractivity contribution in [1.82, 2.24) is 5.32 Å². The van der Waals surface area contributed by atoms with Crippen LogP contribution < -0.4 is 14.8 Å². The van der Waals surface area contributed by atoms with Gasteiger partial charge in [0, 0.05) is 6.54 Å². The summed E-state index contributed by atoms with van der Waals surface area (Å²) in [6.45, 7) is 0.174. The number of halogens is 2. The van der Waals surface area contributed by atoms with Gasteiger partial charge in [0.05, 0.1) is 23.8 Å². The molecule has 6 heteroatoms. The van der Waals surface area contributed by atoms with Crippen LogP contribution in [0.4, 0.5) is 4.39 Å². The third-order valence-electron chi connectivity index (χ3n) is 4.47. The number of amides is 1. The van der Waals surface area contributed by atoms with Crippen molar-refractivity contribution in [2.45, 2.75) is 38.3 Å². The van der Waals surface area contributed by atoms with E-state index in [1.807, 2.05) is 0 Å². The SMILES string of the molecule is COc1ccc(CNC(=O)c2c(Cl)cccc2OC2CCCC2)cc1F. The molecule has 4 nitrogen and oxygen atoms in total. The van der Waals surface area contributed by atoms with E-state index < -0.39 is 5.82 Å². The summed E-state index contributed by atoms with van der Waals surface area (Å²) < 4.78 is 24.7. The second-order valence-corrected chi connectivity index (χ2v) is 6.70. The van der Waals surface area contributed by atoms with E-state index in [1.54, 1.807) is 24.3 Å². The van der Waals surface area contributed by atoms with Crippen LogP contribution in [0.25, 0.3) is 0 Å². The van der Waals surface area contributed by atoms with Crippen molar-refractivity contribution in [3.05, 3.63) is 58.4 Å². The fraction of sp³-hybridized carbons (Fsp3) is 0.350. The highest BCUT2D eigenvalue weighted by Gasteiger charge is 2.22. The van der Waals surface area contributed by atoms with Crippen molar-refractivity contribution in [2.75, 3.05) is 7.11 Å². The van der Waals surface area contributed by atoms with Crippen molar-refractivity contribution in [3.8, 4) is 11.5 Å². The van der Waals surface area contributed by atoms with Crippen LogP contribution in [0.3, 0.4) is 0 Å². The van der Waals surface area contributed by atoms with Gasteiger partial charge in [-0.2, -0.15) is 0 Å². The van der Waals surface area contributed by atoms with Gasteiger partial charge >= 0.3 is 0 Å². The van der Waals surface area contributed by atoms with Crippen LogP contribution in [0.15, 0.2) is 36.4 Å². The van der Waals surface area contributed by atoms with Gasteiger partial charge in [-0.3, -0.25) is 4.79 Å². The summed E-state index contributed by atoms with van der Waals surface area (Å²) in [4.78, 5) is 12.6. The molecule has 0 unspecified atom stereocenters. The van der Waals surface area contributed by atoms with Crippen molar-refractivity contribution in [3.63, 3.8) is 0 Å². The zero-order valence-electron chi connectivity index (χ0n) is 14.6. The Morgan fingerprint density at radius 1 is 1.23 bits per heavy atom. The molecule has 3 rings (SSSR count). The second-order valence-electron chi connectivity index (χ2n) is 6.29. The molecule has 1 saturated carbocycles. The first kappa shape index (κ1) is 18.5. The Bertz CT molecular complexity index is 791. The molecule has 2 aromatic rings. The largest absolute Gasteiger partial charge is 0.494 e. The number of benzene rings is 2. The molecule has 1 fully saturated rings. The maximum atomic E-state index is 13.8. The zero-order chi connectivity index (χ0) is 18.5. The van der Waals surface area contributed by atoms with Crippen LogP contribution in [-0.4, -0.2) is 19.1 Å². The van der Waals surface area contributed by atoms with Gasteiger partial charge < -0.3 is 14.8 Å². The number of methoxy groups -OCH3 is 1. The van der Waals surface area contributed by atoms with Crippen LogP contribution in [0.2, 0.25) is 5.02 Å². The smallest absolute Gasteiger partial charge is 0.256 e. The summed E-state index contributed by atoms with van der Waals surface area (Å²) in [5.41, 5.74) is 0.942. The molecule has 0 aliphatic heterocycles. The van der Waals surface area contributed by atoms with Crippen molar-refractivity contribution in [1.29, 1.82) is 0 Å². The molecule has 0 spiro atoms. The van der Waals surface area contributed by atoms with E-state index in [9.17, 15) is 9.18 Å². The molecule has 26 heavy (non-hydrogen) atoms. The van der Waals surface area contributed by atoms with Crippen molar-refractivity contribution < 1.29 is 18.7 Å². The maximum absolute atomic E-state index is 13.8. The fourth-order valence-corrected chi connectivity index (χ4v) is 3.35. The van der Waals surface area contributed by atoms with Crippen molar-refractivity contribution in [2.24, 2.45) is 0 Å². The first-order valence-corrected chi connectivity index (χ1v) is 9.02. The first-order valence-electron chi connectivity index (χ1n) is 8.64. The van der Waals surface area contributed by atoms with Crippen LogP contribution in [-0.2, 0) is 6.54 Å². The summed E-state index contributed by atoms with van der Waals surface area (Å²) in [7, 11) is 1.41. The molecule has 0 atom stereocenters. The zero-order valence-corrected chi connectivity index (χ0v) is 15.3. The van der Waals surface area contributed by atoms with E-state index in [0.717, 1.165) is 25.7 Å². The van der Waals surface area contributed by atoms with Gasteiger partial charge in [-0.25, -0.2) is 4.39 Å². The Balaban J connectivity index is 1.71. The molecule has 1 aliphatic carbocycles. The highest BCUT2D eigenvalue weighted by molar-refractivity contribution is 6.34. The monoisotopic (exact) mass is 377 g/mol. The minimum atomic E-state index is -0.470. The van der Waals surface area contributed by atoms with Gasteiger partial charge in [0.2, 0.25) is 0 Å². The molecule has 0 radical (unpaired) electrons. The Labute approximate surface area is 157 Å². The summed E-state index contributed by atoms with van der Waals surface area (Å²) in [6, 6.07) is 9.74. The second kappa shape index (κ2) is 8.41. The molecule has 0 heterocycles. The lowest BCUT2D eigenvalue weighted by atomic mass is 10.1. The molecular weight excluding hydrogens is 357 g/mol. The first-order chi connectivity index (χ1) is 12.6. The lowest BCUT2D eigenvalue weighted by molar-refractivity contribution is 0.0943. The molecule has 0 saturated heterocycles. The highest BCUT2D eigenvalue weighted by Crippen LogP contribution is 2.30. The molecular formula is C20H21ClFNO3. The number of hydrogen-bond acceptors (Lipinski definition) is 3. The highest BCUT2D eigenvalue weighted by atomic mass is 35.5. The molecule has 138 valence electrons. The van der Waals surface area contributed by atoms with E-state index in [0.29, 0.717) is 21.9 Å². The fourth-order valence-electron chi connectivity index (χ4n) is 3.10. The average molecular weight is 378 g/mol. The summed E-state index contributed by atoms with van der Waals surface area (Å²) in [5, 5.41) is 3.11. The van der Waals surface area contributed by atoms with E-state index in [-0.39, 0.29) is 24.3 Å². The summed E-state index contributed by atoms with van der Waals surface area (Å²) in [5.74, 6) is -0.164. The van der Waals surface area contributed by atoms with E-state index in [2.05, 4.69) is 5.32 Å². The predicted octanol–water partition coefficient (Wildman–Crippen LogP) is 4.74. The van der Waals surface area contributed by atoms with Gasteiger partial charge in [-0.1, -0.05) is 23.7 Å². The molecule has 1 aliphatic rings. The third-order valence-corrected chi connectivity index (χ3v) is 4.78. The Kier molecular flexibility index (Phi) is 5.99. The number of ether oxygens (including phenoxy) is 2. The standard InChI is InChI=1S/C20H21ClFNO3/c1-25-17-10-9-13(11-16(17)22)12-23-20(24)19-15(21)7-4-8-18(19)26-14-5-2-3-6-14/h4,7-11,14H,2-3,5-6,12H2,1H3,(H,23,24). The molecule has 1 amide bonds. The van der Waals surface area contributed by atoms with Gasteiger partial charge in [-0.05, 0) is 55.5 Å². The van der Waals surface area contributed by atoms with Gasteiger partial charge in [0.1, 0.15) is 5.75 Å². The summed E-state index contributed by atoms with van der Waals surface area (Å²) >= 11 is 6.24. The van der Waals surface area contributed by atoms with Gasteiger partial charge in [-0.15, -0.1) is 0 Å². The van der Waals surface area contributed by atoms with E-state index in [1.165, 1.54) is 19.2 Å². The lowest BCUT2D eigenvalue weighted by Crippen LogP contribution is -2.25. The van der Waals surface area contributed by atoms with Crippen LogP contribution in [0, 0.1) is 5.82 Å². The number of carbonyl (C=O) groups is 1. The van der Waals surface area contributed by atoms with Crippen molar-refractivity contribution >= 4 is 17.5 Å². The van der Waals surface area contributed by atoms with Crippen LogP contribution in [0.5, 0.6) is 11.5 Å². The quantitative estimate of drug-likeness (QED) is 0.791. The third kappa shape index (κ3) is 4.28. The average Bonchev–Trinajstić information content (AvgIpc) is 3.13. The minimum absolute atomic E-state index is 0.121. The topological polar surface area (TPSA) is 47.6 Å². The lowest BCUT2D eigenvalue weighted by Gasteiger charge is -2.17. The maximum Gasteiger partial charge on any atom is 0.256 e. The number of rotatable bonds is 6. The molecule has 1 N–H and O–H groups in total. The number of carbonyl (C=O) groups excluding carboxylic acids is 1. The Morgan fingerprint density at radius 2 is 2.00 bits per heavy atom.